The van der Waals surface area contributed by atoms with Crippen molar-refractivity contribution >= 4 is 35.1 Å². The average molecular weight is 259 g/mol. The zero-order valence-corrected chi connectivity index (χ0v) is 9.72. The maximum Gasteiger partial charge on any atom is 0.321 e. The van der Waals surface area contributed by atoms with Gasteiger partial charge >= 0.3 is 11.9 Å². The standard InChI is InChI=1S/C11H8Cl2O3/c12-6-1-2-7(9(13)5-6)8-3-4-10(14)16-11(8)15/h1-2,5,8H,3-4H2. The van der Waals surface area contributed by atoms with E-state index < -0.39 is 17.9 Å². The predicted octanol–water partition coefficient (Wildman–Crippen LogP) is 2.94. The summed E-state index contributed by atoms with van der Waals surface area (Å²) in [4.78, 5) is 22.4. The molecule has 1 aromatic carbocycles. The van der Waals surface area contributed by atoms with E-state index in [1.165, 1.54) is 0 Å². The van der Waals surface area contributed by atoms with Crippen molar-refractivity contribution in [2.75, 3.05) is 0 Å². The molecule has 0 radical (unpaired) electrons. The predicted molar refractivity (Wildman–Crippen MR) is 59.5 cm³/mol. The number of carbonyl (C=O) groups excluding carboxylic acids is 2. The molecule has 84 valence electrons. The Hall–Kier alpha value is -1.06. The van der Waals surface area contributed by atoms with Crippen LogP contribution in [-0.4, -0.2) is 11.9 Å². The summed E-state index contributed by atoms with van der Waals surface area (Å²) in [7, 11) is 0. The van der Waals surface area contributed by atoms with Gasteiger partial charge in [0.05, 0.1) is 5.92 Å². The highest BCUT2D eigenvalue weighted by Crippen LogP contribution is 2.33. The van der Waals surface area contributed by atoms with Gasteiger partial charge in [0.15, 0.2) is 0 Å². The highest BCUT2D eigenvalue weighted by Gasteiger charge is 2.31. The maximum atomic E-state index is 11.5. The largest absolute Gasteiger partial charge is 0.393 e. The van der Waals surface area contributed by atoms with E-state index in [0.29, 0.717) is 22.0 Å². The number of halogens is 2. The molecule has 1 aromatic rings. The van der Waals surface area contributed by atoms with Crippen LogP contribution in [0.1, 0.15) is 24.3 Å². The quantitative estimate of drug-likeness (QED) is 0.575. The van der Waals surface area contributed by atoms with Gasteiger partial charge in [-0.3, -0.25) is 9.59 Å². The minimum atomic E-state index is -0.541. The summed E-state index contributed by atoms with van der Waals surface area (Å²) in [5.41, 5.74) is 0.656. The summed E-state index contributed by atoms with van der Waals surface area (Å²) in [6, 6.07) is 4.92. The Morgan fingerprint density at radius 1 is 1.25 bits per heavy atom. The summed E-state index contributed by atoms with van der Waals surface area (Å²) in [5.74, 6) is -1.49. The average Bonchev–Trinajstić information content (AvgIpc) is 2.19. The minimum absolute atomic E-state index is 0.232. The monoisotopic (exact) mass is 258 g/mol. The van der Waals surface area contributed by atoms with Crippen LogP contribution in [0.5, 0.6) is 0 Å². The fourth-order valence-corrected chi connectivity index (χ4v) is 2.22. The Morgan fingerprint density at radius 3 is 2.62 bits per heavy atom. The fraction of sp³-hybridized carbons (Fsp3) is 0.273. The molecule has 0 spiro atoms. The van der Waals surface area contributed by atoms with Crippen LogP contribution in [0.2, 0.25) is 10.0 Å². The van der Waals surface area contributed by atoms with Crippen LogP contribution in [0.3, 0.4) is 0 Å². The van der Waals surface area contributed by atoms with Gasteiger partial charge in [-0.2, -0.15) is 0 Å². The van der Waals surface area contributed by atoms with Crippen molar-refractivity contribution in [2.45, 2.75) is 18.8 Å². The summed E-state index contributed by atoms with van der Waals surface area (Å²) >= 11 is 11.7. The van der Waals surface area contributed by atoms with Crippen molar-refractivity contribution in [1.82, 2.24) is 0 Å². The van der Waals surface area contributed by atoms with E-state index in [-0.39, 0.29) is 6.42 Å². The molecule has 0 bridgehead atoms. The number of hydrogen-bond acceptors (Lipinski definition) is 3. The van der Waals surface area contributed by atoms with Gasteiger partial charge in [-0.15, -0.1) is 0 Å². The van der Waals surface area contributed by atoms with Crippen LogP contribution in [0.25, 0.3) is 0 Å². The molecule has 2 rings (SSSR count). The number of benzene rings is 1. The molecule has 0 saturated carbocycles. The first-order valence-corrected chi connectivity index (χ1v) is 5.53. The first-order valence-electron chi connectivity index (χ1n) is 4.77. The first kappa shape index (κ1) is 11.4. The normalized spacial score (nSPS) is 20.8. The molecule has 0 aromatic heterocycles. The molecule has 1 atom stereocenters. The highest BCUT2D eigenvalue weighted by atomic mass is 35.5. The lowest BCUT2D eigenvalue weighted by molar-refractivity contribution is -0.164. The van der Waals surface area contributed by atoms with E-state index in [1.807, 2.05) is 0 Å². The summed E-state index contributed by atoms with van der Waals surface area (Å²) in [6.07, 6.45) is 0.661. The van der Waals surface area contributed by atoms with Crippen LogP contribution >= 0.6 is 23.2 Å². The van der Waals surface area contributed by atoms with E-state index in [9.17, 15) is 9.59 Å². The highest BCUT2D eigenvalue weighted by molar-refractivity contribution is 6.35. The second-order valence-corrected chi connectivity index (χ2v) is 4.39. The fourth-order valence-electron chi connectivity index (χ4n) is 1.68. The Morgan fingerprint density at radius 2 is 2.00 bits per heavy atom. The van der Waals surface area contributed by atoms with E-state index in [2.05, 4.69) is 4.74 Å². The molecule has 1 saturated heterocycles. The van der Waals surface area contributed by atoms with Crippen molar-refractivity contribution in [3.8, 4) is 0 Å². The Balaban J connectivity index is 2.30. The molecule has 1 aliphatic heterocycles. The van der Waals surface area contributed by atoms with Crippen LogP contribution < -0.4 is 0 Å². The lowest BCUT2D eigenvalue weighted by Gasteiger charge is -2.20. The summed E-state index contributed by atoms with van der Waals surface area (Å²) in [6.45, 7) is 0. The van der Waals surface area contributed by atoms with Gasteiger partial charge in [-0.1, -0.05) is 29.3 Å². The molecule has 1 unspecified atom stereocenters. The van der Waals surface area contributed by atoms with Gasteiger partial charge in [-0.05, 0) is 24.1 Å². The van der Waals surface area contributed by atoms with E-state index in [4.69, 9.17) is 23.2 Å². The molecule has 3 nitrogen and oxygen atoms in total. The number of rotatable bonds is 1. The maximum absolute atomic E-state index is 11.5. The summed E-state index contributed by atoms with van der Waals surface area (Å²) in [5, 5.41) is 0.929. The van der Waals surface area contributed by atoms with Gasteiger partial charge in [0.1, 0.15) is 0 Å². The number of esters is 2. The van der Waals surface area contributed by atoms with Gasteiger partial charge in [0, 0.05) is 16.5 Å². The Bertz CT molecular complexity index is 457. The van der Waals surface area contributed by atoms with Gasteiger partial charge in [-0.25, -0.2) is 0 Å². The van der Waals surface area contributed by atoms with Crippen LogP contribution in [0.4, 0.5) is 0 Å². The van der Waals surface area contributed by atoms with E-state index >= 15 is 0 Å². The van der Waals surface area contributed by atoms with Gasteiger partial charge < -0.3 is 4.74 Å². The molecule has 1 aliphatic rings. The number of ether oxygens (including phenoxy) is 1. The first-order chi connectivity index (χ1) is 7.58. The van der Waals surface area contributed by atoms with Gasteiger partial charge in [0.2, 0.25) is 0 Å². The zero-order valence-electron chi connectivity index (χ0n) is 8.20. The minimum Gasteiger partial charge on any atom is -0.393 e. The summed E-state index contributed by atoms with van der Waals surface area (Å²) < 4.78 is 4.57. The number of carbonyl (C=O) groups is 2. The number of cyclic esters (lactones) is 2. The molecule has 1 fully saturated rings. The lowest BCUT2D eigenvalue weighted by atomic mass is 9.93. The van der Waals surface area contributed by atoms with Crippen molar-refractivity contribution in [3.05, 3.63) is 33.8 Å². The second kappa shape index (κ2) is 4.44. The second-order valence-electron chi connectivity index (χ2n) is 3.55. The van der Waals surface area contributed by atoms with Crippen LogP contribution in [0.15, 0.2) is 18.2 Å². The topological polar surface area (TPSA) is 43.4 Å². The van der Waals surface area contributed by atoms with E-state index in [1.54, 1.807) is 18.2 Å². The SMILES string of the molecule is O=C1CCC(c2ccc(Cl)cc2Cl)C(=O)O1. The third kappa shape index (κ3) is 2.20. The molecule has 0 aliphatic carbocycles. The van der Waals surface area contributed by atoms with Crippen molar-refractivity contribution in [2.24, 2.45) is 0 Å². The van der Waals surface area contributed by atoms with Gasteiger partial charge in [0.25, 0.3) is 0 Å². The Labute approximate surface area is 102 Å². The Kier molecular flexibility index (Phi) is 3.17. The molecule has 1 heterocycles. The smallest absolute Gasteiger partial charge is 0.321 e. The molecular weight excluding hydrogens is 251 g/mol. The number of hydrogen-bond donors (Lipinski definition) is 0. The van der Waals surface area contributed by atoms with Crippen molar-refractivity contribution in [1.29, 1.82) is 0 Å². The van der Waals surface area contributed by atoms with Crippen molar-refractivity contribution in [3.63, 3.8) is 0 Å². The third-order valence-corrected chi connectivity index (χ3v) is 3.04. The van der Waals surface area contributed by atoms with Crippen LogP contribution in [0, 0.1) is 0 Å². The molecule has 0 amide bonds. The van der Waals surface area contributed by atoms with E-state index in [0.717, 1.165) is 0 Å². The molecule has 16 heavy (non-hydrogen) atoms. The third-order valence-electron chi connectivity index (χ3n) is 2.47. The van der Waals surface area contributed by atoms with Crippen molar-refractivity contribution < 1.29 is 14.3 Å². The molecule has 0 N–H and O–H groups in total. The molecular formula is C11H8Cl2O3. The lowest BCUT2D eigenvalue weighted by Crippen LogP contribution is -2.26. The molecule has 5 heteroatoms. The zero-order chi connectivity index (χ0) is 11.7. The van der Waals surface area contributed by atoms with Crippen LogP contribution in [-0.2, 0) is 14.3 Å².